The van der Waals surface area contributed by atoms with Crippen LogP contribution in [0.25, 0.3) is 0 Å². The van der Waals surface area contributed by atoms with Crippen molar-refractivity contribution in [2.45, 2.75) is 26.8 Å². The van der Waals surface area contributed by atoms with E-state index < -0.39 is 23.3 Å². The highest BCUT2D eigenvalue weighted by molar-refractivity contribution is 6.33. The molecule has 1 amide bonds. The number of amides is 1. The van der Waals surface area contributed by atoms with Crippen molar-refractivity contribution in [3.8, 4) is 0 Å². The number of rotatable bonds is 3. The molecule has 1 aromatic carbocycles. The van der Waals surface area contributed by atoms with Crippen LogP contribution in [0.15, 0.2) is 18.2 Å². The molecule has 1 atom stereocenters. The third-order valence-electron chi connectivity index (χ3n) is 2.65. The fraction of sp³-hybridized carbons (Fsp3) is 0.385. The number of hydrogen-bond donors (Lipinski definition) is 3. The van der Waals surface area contributed by atoms with Crippen LogP contribution in [0.4, 0.5) is 5.69 Å². The smallest absolute Gasteiger partial charge is 0.326 e. The molecule has 5 nitrogen and oxygen atoms in total. The topological polar surface area (TPSA) is 92.4 Å². The number of nitrogens with one attached hydrogen (secondary N) is 1. The maximum absolute atomic E-state index is 12.0. The van der Waals surface area contributed by atoms with E-state index in [1.165, 1.54) is 18.2 Å². The molecule has 0 heterocycles. The van der Waals surface area contributed by atoms with Gasteiger partial charge in [0.25, 0.3) is 5.91 Å². The molecular weight excluding hydrogens is 268 g/mol. The third-order valence-corrected chi connectivity index (χ3v) is 2.98. The summed E-state index contributed by atoms with van der Waals surface area (Å²) in [6, 6.07) is 3.42. The van der Waals surface area contributed by atoms with Crippen LogP contribution >= 0.6 is 11.6 Å². The molecule has 19 heavy (non-hydrogen) atoms. The summed E-state index contributed by atoms with van der Waals surface area (Å²) in [7, 11) is 0. The maximum Gasteiger partial charge on any atom is 0.326 e. The molecule has 0 radical (unpaired) electrons. The minimum absolute atomic E-state index is 0.260. The van der Waals surface area contributed by atoms with Crippen molar-refractivity contribution < 1.29 is 14.7 Å². The number of anilines is 1. The maximum atomic E-state index is 12.0. The molecule has 0 spiro atoms. The molecule has 0 fully saturated rings. The van der Waals surface area contributed by atoms with Gasteiger partial charge in [0.15, 0.2) is 0 Å². The predicted octanol–water partition coefficient (Wildman–Crippen LogP) is 2.15. The monoisotopic (exact) mass is 284 g/mol. The van der Waals surface area contributed by atoms with Crippen molar-refractivity contribution in [2.24, 2.45) is 5.41 Å². The standard InChI is InChI=1S/C13H17ClN2O3/c1-13(2,3)10(12(18)19)16-11(17)7-4-5-9(15)8(14)6-7/h4-6,10H,15H2,1-3H3,(H,16,17)(H,18,19)/t10-/m1/s1. The molecular formula is C13H17ClN2O3. The molecule has 4 N–H and O–H groups in total. The minimum atomic E-state index is -1.08. The van der Waals surface area contributed by atoms with Crippen LogP contribution < -0.4 is 11.1 Å². The Bertz CT molecular complexity index is 509. The summed E-state index contributed by atoms with van der Waals surface area (Å²) in [6.07, 6.45) is 0. The summed E-state index contributed by atoms with van der Waals surface area (Å²) in [5, 5.41) is 11.9. The second-order valence-corrected chi connectivity index (χ2v) is 5.75. The van der Waals surface area contributed by atoms with Crippen molar-refractivity contribution in [1.29, 1.82) is 0 Å². The number of nitrogens with two attached hydrogens (primary N) is 1. The van der Waals surface area contributed by atoms with Crippen LogP contribution in [-0.4, -0.2) is 23.0 Å². The first-order valence-electron chi connectivity index (χ1n) is 5.71. The summed E-state index contributed by atoms with van der Waals surface area (Å²) in [5.74, 6) is -1.58. The Kier molecular flexibility index (Phi) is 4.42. The summed E-state index contributed by atoms with van der Waals surface area (Å²) in [5.41, 5.74) is 5.59. The molecule has 0 bridgehead atoms. The van der Waals surface area contributed by atoms with Crippen LogP contribution in [0.5, 0.6) is 0 Å². The van der Waals surface area contributed by atoms with E-state index in [0.717, 1.165) is 0 Å². The van der Waals surface area contributed by atoms with Crippen LogP contribution in [0.1, 0.15) is 31.1 Å². The lowest BCUT2D eigenvalue weighted by Gasteiger charge is -2.27. The van der Waals surface area contributed by atoms with Crippen molar-refractivity contribution >= 4 is 29.2 Å². The third kappa shape index (κ3) is 3.86. The molecule has 0 unspecified atom stereocenters. The molecule has 1 rings (SSSR count). The van der Waals surface area contributed by atoms with Crippen LogP contribution in [-0.2, 0) is 4.79 Å². The van der Waals surface area contributed by atoms with Crippen molar-refractivity contribution in [2.75, 3.05) is 5.73 Å². The summed E-state index contributed by atoms with van der Waals surface area (Å²) < 4.78 is 0. The van der Waals surface area contributed by atoms with Crippen molar-refractivity contribution in [1.82, 2.24) is 5.32 Å². The van der Waals surface area contributed by atoms with Crippen molar-refractivity contribution in [3.63, 3.8) is 0 Å². The SMILES string of the molecule is CC(C)(C)[C@H](NC(=O)c1ccc(N)c(Cl)c1)C(=O)O. The zero-order chi connectivity index (χ0) is 14.8. The Morgan fingerprint density at radius 3 is 2.37 bits per heavy atom. The van der Waals surface area contributed by atoms with Gasteiger partial charge in [0.2, 0.25) is 0 Å². The first kappa shape index (κ1) is 15.3. The summed E-state index contributed by atoms with van der Waals surface area (Å²) >= 11 is 5.83. The van der Waals surface area contributed by atoms with Gasteiger partial charge < -0.3 is 16.2 Å². The lowest BCUT2D eigenvalue weighted by Crippen LogP contribution is -2.49. The first-order valence-corrected chi connectivity index (χ1v) is 6.09. The highest BCUT2D eigenvalue weighted by atomic mass is 35.5. The number of carboxylic acid groups (broad SMARTS) is 1. The molecule has 0 aliphatic rings. The van der Waals surface area contributed by atoms with Crippen LogP contribution in [0.2, 0.25) is 5.02 Å². The Morgan fingerprint density at radius 1 is 1.37 bits per heavy atom. The van der Waals surface area contributed by atoms with E-state index in [4.69, 9.17) is 22.4 Å². The van der Waals surface area contributed by atoms with E-state index in [9.17, 15) is 9.59 Å². The fourth-order valence-electron chi connectivity index (χ4n) is 1.53. The predicted molar refractivity (Wildman–Crippen MR) is 74.2 cm³/mol. The Balaban J connectivity index is 2.94. The molecule has 104 valence electrons. The minimum Gasteiger partial charge on any atom is -0.480 e. The van der Waals surface area contributed by atoms with Crippen molar-refractivity contribution in [3.05, 3.63) is 28.8 Å². The lowest BCUT2D eigenvalue weighted by molar-refractivity contribution is -0.142. The fourth-order valence-corrected chi connectivity index (χ4v) is 1.71. The Labute approximate surface area is 116 Å². The number of nitrogen functional groups attached to an aromatic ring is 1. The van der Waals surface area contributed by atoms with Gasteiger partial charge in [0.1, 0.15) is 6.04 Å². The van der Waals surface area contributed by atoms with E-state index in [0.29, 0.717) is 5.69 Å². The van der Waals surface area contributed by atoms with E-state index in [1.54, 1.807) is 20.8 Å². The van der Waals surface area contributed by atoms with Crippen LogP contribution in [0.3, 0.4) is 0 Å². The second kappa shape index (κ2) is 5.48. The average Bonchev–Trinajstić information content (AvgIpc) is 2.27. The highest BCUT2D eigenvalue weighted by Gasteiger charge is 2.32. The number of carboxylic acids is 1. The first-order chi connectivity index (χ1) is 8.62. The zero-order valence-corrected chi connectivity index (χ0v) is 11.8. The van der Waals surface area contributed by atoms with Gasteiger partial charge in [-0.3, -0.25) is 4.79 Å². The van der Waals surface area contributed by atoms with Gasteiger partial charge in [-0.2, -0.15) is 0 Å². The lowest BCUT2D eigenvalue weighted by atomic mass is 9.86. The molecule has 1 aromatic rings. The normalized spacial score (nSPS) is 12.8. The van der Waals surface area contributed by atoms with E-state index in [-0.39, 0.29) is 10.6 Å². The second-order valence-electron chi connectivity index (χ2n) is 5.35. The number of halogens is 1. The molecule has 0 saturated carbocycles. The molecule has 6 heteroatoms. The summed E-state index contributed by atoms with van der Waals surface area (Å²) in [4.78, 5) is 23.2. The van der Waals surface area contributed by atoms with Gasteiger partial charge in [-0.1, -0.05) is 32.4 Å². The number of benzene rings is 1. The quantitative estimate of drug-likeness (QED) is 0.742. The van der Waals surface area contributed by atoms with E-state index in [2.05, 4.69) is 5.32 Å². The van der Waals surface area contributed by atoms with E-state index in [1.807, 2.05) is 0 Å². The van der Waals surface area contributed by atoms with Gasteiger partial charge >= 0.3 is 5.97 Å². The molecule has 0 aliphatic heterocycles. The highest BCUT2D eigenvalue weighted by Crippen LogP contribution is 2.22. The number of hydrogen-bond acceptors (Lipinski definition) is 3. The van der Waals surface area contributed by atoms with Gasteiger partial charge in [-0.05, 0) is 23.6 Å². The van der Waals surface area contributed by atoms with Gasteiger partial charge in [-0.25, -0.2) is 4.79 Å². The zero-order valence-electron chi connectivity index (χ0n) is 11.0. The van der Waals surface area contributed by atoms with E-state index >= 15 is 0 Å². The van der Waals surface area contributed by atoms with Crippen LogP contribution in [0, 0.1) is 5.41 Å². The van der Waals surface area contributed by atoms with Gasteiger partial charge in [-0.15, -0.1) is 0 Å². The van der Waals surface area contributed by atoms with Gasteiger partial charge in [0, 0.05) is 5.56 Å². The molecule has 0 aliphatic carbocycles. The molecule has 0 aromatic heterocycles. The Hall–Kier alpha value is -1.75. The van der Waals surface area contributed by atoms with Gasteiger partial charge in [0.05, 0.1) is 10.7 Å². The number of carbonyl (C=O) groups is 2. The number of aliphatic carboxylic acids is 1. The summed E-state index contributed by atoms with van der Waals surface area (Å²) in [6.45, 7) is 5.21. The largest absolute Gasteiger partial charge is 0.480 e. The Morgan fingerprint density at radius 2 is 1.95 bits per heavy atom. The average molecular weight is 285 g/mol. The molecule has 0 saturated heterocycles. The number of carbonyl (C=O) groups excluding carboxylic acids is 1.